The lowest BCUT2D eigenvalue weighted by molar-refractivity contribution is -0.143. The number of esters is 1. The first-order valence-electron chi connectivity index (χ1n) is 15.0. The molecule has 2 aromatic carbocycles. The summed E-state index contributed by atoms with van der Waals surface area (Å²) in [7, 11) is 0. The molecule has 0 saturated heterocycles. The van der Waals surface area contributed by atoms with Crippen molar-refractivity contribution in [3.8, 4) is 5.75 Å². The second kappa shape index (κ2) is 13.4. The van der Waals surface area contributed by atoms with Crippen molar-refractivity contribution in [2.24, 2.45) is 0 Å². The van der Waals surface area contributed by atoms with Crippen molar-refractivity contribution in [2.45, 2.75) is 96.6 Å². The molecule has 0 aliphatic carbocycles. The van der Waals surface area contributed by atoms with Gasteiger partial charge in [0.15, 0.2) is 5.78 Å². The Morgan fingerprint density at radius 2 is 1.73 bits per heavy atom. The van der Waals surface area contributed by atoms with Crippen LogP contribution in [0.25, 0.3) is 0 Å². The van der Waals surface area contributed by atoms with Crippen molar-refractivity contribution in [2.75, 3.05) is 18.5 Å². The van der Waals surface area contributed by atoms with Crippen molar-refractivity contribution in [1.82, 2.24) is 9.78 Å². The molecular formula is C34H45N3O4. The Kier molecular flexibility index (Phi) is 9.90. The smallest absolute Gasteiger partial charge is 0.305 e. The number of ketones is 1. The number of carbonyl (C=O) groups excluding carboxylic acids is 2. The Balaban J connectivity index is 1.45. The van der Waals surface area contributed by atoms with Crippen molar-refractivity contribution in [1.29, 1.82) is 0 Å². The molecule has 2 heterocycles. The molecule has 7 nitrogen and oxygen atoms in total. The van der Waals surface area contributed by atoms with Gasteiger partial charge in [0.2, 0.25) is 0 Å². The van der Waals surface area contributed by atoms with E-state index in [2.05, 4.69) is 74.5 Å². The summed E-state index contributed by atoms with van der Waals surface area (Å²) >= 11 is 0. The van der Waals surface area contributed by atoms with E-state index >= 15 is 0 Å². The molecule has 1 aromatic heterocycles. The molecule has 1 atom stereocenters. The molecule has 0 saturated carbocycles. The summed E-state index contributed by atoms with van der Waals surface area (Å²) in [5.74, 6) is 1.55. The van der Waals surface area contributed by atoms with Crippen LogP contribution in [0.3, 0.4) is 0 Å². The van der Waals surface area contributed by atoms with Crippen molar-refractivity contribution in [3.63, 3.8) is 0 Å². The maximum Gasteiger partial charge on any atom is 0.305 e. The van der Waals surface area contributed by atoms with Crippen molar-refractivity contribution < 1.29 is 19.1 Å². The summed E-state index contributed by atoms with van der Waals surface area (Å²) in [5.41, 5.74) is 2.51. The van der Waals surface area contributed by atoms with Gasteiger partial charge in [-0.3, -0.25) is 9.59 Å². The standard InChI is InChI=1S/C34H45N3O4/c1-6-34(7-2,26-17-19-27(20-18-26)41-21-13-12-16-31(39)40-8-3)23-30(38)28-24-35-37-32(28)36-29(22-33(37,4)5)25-14-10-9-11-15-25/h9-11,14-15,17-20,24,29,36H,6-8,12-13,16,21-23H2,1-5H3. The summed E-state index contributed by atoms with van der Waals surface area (Å²) in [4.78, 5) is 25.4. The number of benzene rings is 2. The van der Waals surface area contributed by atoms with Crippen molar-refractivity contribution >= 4 is 17.6 Å². The predicted octanol–water partition coefficient (Wildman–Crippen LogP) is 7.62. The number of Topliss-reactive ketones (excluding diaryl/α,β-unsaturated/α-hetero) is 1. The molecule has 4 rings (SSSR count). The first kappa shape index (κ1) is 30.4. The minimum atomic E-state index is -0.285. The van der Waals surface area contributed by atoms with E-state index in [0.29, 0.717) is 31.6 Å². The zero-order valence-electron chi connectivity index (χ0n) is 25.2. The largest absolute Gasteiger partial charge is 0.494 e. The van der Waals surface area contributed by atoms with E-state index in [0.717, 1.165) is 49.2 Å². The number of fused-ring (bicyclic) bond motifs is 1. The van der Waals surface area contributed by atoms with Crippen LogP contribution in [0.4, 0.5) is 5.82 Å². The van der Waals surface area contributed by atoms with Gasteiger partial charge < -0.3 is 14.8 Å². The molecule has 0 fully saturated rings. The fraction of sp³-hybridized carbons (Fsp3) is 0.500. The first-order valence-corrected chi connectivity index (χ1v) is 15.0. The zero-order chi connectivity index (χ0) is 29.5. The van der Waals surface area contributed by atoms with Crippen LogP contribution in [0, 0.1) is 0 Å². The average Bonchev–Trinajstić information content (AvgIpc) is 3.42. The molecule has 3 aromatic rings. The highest BCUT2D eigenvalue weighted by Crippen LogP contribution is 2.42. The third-order valence-electron chi connectivity index (χ3n) is 8.53. The Hall–Kier alpha value is -3.61. The maximum atomic E-state index is 13.9. The molecule has 7 heteroatoms. The Morgan fingerprint density at radius 3 is 2.39 bits per heavy atom. The van der Waals surface area contributed by atoms with E-state index in [9.17, 15) is 9.59 Å². The van der Waals surface area contributed by atoms with Gasteiger partial charge in [-0.1, -0.05) is 56.3 Å². The number of anilines is 1. The molecule has 1 unspecified atom stereocenters. The third-order valence-corrected chi connectivity index (χ3v) is 8.53. The Bertz CT molecular complexity index is 1290. The lowest BCUT2D eigenvalue weighted by atomic mass is 9.71. The minimum absolute atomic E-state index is 0.105. The second-order valence-electron chi connectivity index (χ2n) is 11.7. The number of hydrogen-bond donors (Lipinski definition) is 1. The van der Waals surface area contributed by atoms with Crippen LogP contribution < -0.4 is 10.1 Å². The van der Waals surface area contributed by atoms with E-state index < -0.39 is 0 Å². The molecule has 1 N–H and O–H groups in total. The van der Waals surface area contributed by atoms with Crippen LogP contribution in [0.1, 0.15) is 107 Å². The minimum Gasteiger partial charge on any atom is -0.494 e. The normalized spacial score (nSPS) is 16.0. The molecule has 1 aliphatic heterocycles. The van der Waals surface area contributed by atoms with Gasteiger partial charge >= 0.3 is 5.97 Å². The van der Waals surface area contributed by atoms with Crippen LogP contribution in [-0.2, 0) is 20.5 Å². The van der Waals surface area contributed by atoms with Crippen molar-refractivity contribution in [3.05, 3.63) is 77.5 Å². The van der Waals surface area contributed by atoms with Crippen LogP contribution in [0.15, 0.2) is 60.8 Å². The van der Waals surface area contributed by atoms with E-state index in [1.54, 1.807) is 6.20 Å². The highest BCUT2D eigenvalue weighted by Gasteiger charge is 2.38. The first-order chi connectivity index (χ1) is 19.7. The van der Waals surface area contributed by atoms with Gasteiger partial charge in [0, 0.05) is 18.3 Å². The van der Waals surface area contributed by atoms with Gasteiger partial charge in [0.25, 0.3) is 0 Å². The fourth-order valence-electron chi connectivity index (χ4n) is 5.95. The van der Waals surface area contributed by atoms with Gasteiger partial charge in [0.1, 0.15) is 11.6 Å². The molecule has 0 bridgehead atoms. The number of carbonyl (C=O) groups is 2. The van der Waals surface area contributed by atoms with Crippen LogP contribution in [0.5, 0.6) is 5.75 Å². The number of hydrogen-bond acceptors (Lipinski definition) is 6. The van der Waals surface area contributed by atoms with Gasteiger partial charge in [-0.05, 0) is 76.1 Å². The second-order valence-corrected chi connectivity index (χ2v) is 11.7. The van der Waals surface area contributed by atoms with E-state index in [1.807, 2.05) is 29.8 Å². The predicted molar refractivity (Wildman–Crippen MR) is 163 cm³/mol. The quantitative estimate of drug-likeness (QED) is 0.124. The SMILES string of the molecule is CCOC(=O)CCCCOc1ccc(C(CC)(CC)CC(=O)c2cnn3c2NC(c2ccccc2)CC3(C)C)cc1. The topological polar surface area (TPSA) is 82.5 Å². The number of nitrogens with one attached hydrogen (secondary N) is 1. The average molecular weight is 560 g/mol. The molecule has 41 heavy (non-hydrogen) atoms. The number of aromatic nitrogens is 2. The zero-order valence-corrected chi connectivity index (χ0v) is 25.2. The third kappa shape index (κ3) is 7.00. The maximum absolute atomic E-state index is 13.9. The number of ether oxygens (including phenoxy) is 2. The van der Waals surface area contributed by atoms with Crippen LogP contribution in [-0.4, -0.2) is 34.7 Å². The highest BCUT2D eigenvalue weighted by molar-refractivity contribution is 6.01. The summed E-state index contributed by atoms with van der Waals surface area (Å²) in [6, 6.07) is 18.7. The molecule has 0 radical (unpaired) electrons. The van der Waals surface area contributed by atoms with Crippen LogP contribution >= 0.6 is 0 Å². The monoisotopic (exact) mass is 559 g/mol. The van der Waals surface area contributed by atoms with E-state index in [4.69, 9.17) is 9.47 Å². The van der Waals surface area contributed by atoms with Gasteiger partial charge in [-0.2, -0.15) is 5.10 Å². The number of unbranched alkanes of at least 4 members (excludes halogenated alkanes) is 1. The molecule has 1 aliphatic rings. The van der Waals surface area contributed by atoms with Crippen LogP contribution in [0.2, 0.25) is 0 Å². The summed E-state index contributed by atoms with van der Waals surface area (Å²) < 4.78 is 12.9. The van der Waals surface area contributed by atoms with Gasteiger partial charge in [0.05, 0.1) is 36.6 Å². The fourth-order valence-corrected chi connectivity index (χ4v) is 5.95. The van der Waals surface area contributed by atoms with Gasteiger partial charge in [-0.25, -0.2) is 4.68 Å². The molecule has 220 valence electrons. The molecule has 0 amide bonds. The lowest BCUT2D eigenvalue weighted by Gasteiger charge is -2.38. The summed E-state index contributed by atoms with van der Waals surface area (Å²) in [6.45, 7) is 11.5. The summed E-state index contributed by atoms with van der Waals surface area (Å²) in [6.07, 6.45) is 6.67. The number of nitrogens with zero attached hydrogens (tertiary/aromatic N) is 2. The Morgan fingerprint density at radius 1 is 1.02 bits per heavy atom. The summed E-state index contributed by atoms with van der Waals surface area (Å²) in [5, 5.41) is 8.32. The highest BCUT2D eigenvalue weighted by atomic mass is 16.5. The number of rotatable bonds is 14. The molecular weight excluding hydrogens is 514 g/mol. The Labute approximate surface area is 244 Å². The lowest BCUT2D eigenvalue weighted by Crippen LogP contribution is -2.38. The van der Waals surface area contributed by atoms with Gasteiger partial charge in [-0.15, -0.1) is 0 Å². The van der Waals surface area contributed by atoms with E-state index in [1.165, 1.54) is 5.56 Å². The van der Waals surface area contributed by atoms with E-state index in [-0.39, 0.29) is 28.7 Å². The molecule has 0 spiro atoms.